The molecule has 1 aliphatic rings. The first-order chi connectivity index (χ1) is 8.61. The number of nitrogens with zero attached hydrogens (tertiary/aromatic N) is 2. The summed E-state index contributed by atoms with van der Waals surface area (Å²) in [5.41, 5.74) is 7.06. The van der Waals surface area contributed by atoms with Crippen molar-refractivity contribution in [3.63, 3.8) is 0 Å². The first-order valence-corrected chi connectivity index (χ1v) is 6.24. The zero-order valence-electron chi connectivity index (χ0n) is 10.8. The van der Waals surface area contributed by atoms with Gasteiger partial charge in [0.1, 0.15) is 5.82 Å². The van der Waals surface area contributed by atoms with Crippen LogP contribution in [0.4, 0.5) is 5.82 Å². The smallest absolute Gasteiger partial charge is 0.254 e. The number of hydrogen-bond acceptors (Lipinski definition) is 4. The molecule has 1 fully saturated rings. The molecule has 0 aromatic carbocycles. The number of hydrogen-bond donors (Lipinski definition) is 1. The molecular weight excluding hydrogens is 230 g/mol. The third-order valence-electron chi connectivity index (χ3n) is 3.18. The number of amides is 1. The SMILES string of the molecule is CCC1COCCN1C(=O)c1cc(C)nc(N)c1. The third-order valence-corrected chi connectivity index (χ3v) is 3.18. The molecule has 98 valence electrons. The van der Waals surface area contributed by atoms with Crippen LogP contribution in [0.2, 0.25) is 0 Å². The summed E-state index contributed by atoms with van der Waals surface area (Å²) in [7, 11) is 0. The topological polar surface area (TPSA) is 68.5 Å². The molecule has 0 saturated carbocycles. The molecule has 0 radical (unpaired) electrons. The van der Waals surface area contributed by atoms with Gasteiger partial charge in [0.05, 0.1) is 19.3 Å². The van der Waals surface area contributed by atoms with Crippen LogP contribution in [0.1, 0.15) is 29.4 Å². The molecular formula is C13H19N3O2. The van der Waals surface area contributed by atoms with E-state index in [4.69, 9.17) is 10.5 Å². The van der Waals surface area contributed by atoms with Crippen molar-refractivity contribution in [2.75, 3.05) is 25.5 Å². The second-order valence-electron chi connectivity index (χ2n) is 4.56. The average Bonchev–Trinajstić information content (AvgIpc) is 2.36. The molecule has 1 aromatic heterocycles. The van der Waals surface area contributed by atoms with Gasteiger partial charge < -0.3 is 15.4 Å². The van der Waals surface area contributed by atoms with Crippen molar-refractivity contribution in [3.05, 3.63) is 23.4 Å². The number of aryl methyl sites for hydroxylation is 1. The van der Waals surface area contributed by atoms with Gasteiger partial charge in [-0.3, -0.25) is 4.79 Å². The molecule has 1 aromatic rings. The van der Waals surface area contributed by atoms with E-state index in [1.807, 2.05) is 11.8 Å². The highest BCUT2D eigenvalue weighted by atomic mass is 16.5. The molecule has 5 nitrogen and oxygen atoms in total. The maximum absolute atomic E-state index is 12.5. The molecule has 1 atom stereocenters. The van der Waals surface area contributed by atoms with Crippen LogP contribution in [0.15, 0.2) is 12.1 Å². The minimum absolute atomic E-state index is 0.0161. The second kappa shape index (κ2) is 5.35. The predicted octanol–water partition coefficient (Wildman–Crippen LogP) is 1.22. The van der Waals surface area contributed by atoms with Crippen molar-refractivity contribution in [1.29, 1.82) is 0 Å². The minimum atomic E-state index is 0.0161. The van der Waals surface area contributed by atoms with Gasteiger partial charge in [-0.2, -0.15) is 0 Å². The maximum atomic E-state index is 12.5. The summed E-state index contributed by atoms with van der Waals surface area (Å²) in [6.45, 7) is 5.75. The number of pyridine rings is 1. The molecule has 0 bridgehead atoms. The van der Waals surface area contributed by atoms with Gasteiger partial charge in [0, 0.05) is 17.8 Å². The van der Waals surface area contributed by atoms with Crippen LogP contribution in [0.5, 0.6) is 0 Å². The van der Waals surface area contributed by atoms with Crippen LogP contribution >= 0.6 is 0 Å². The van der Waals surface area contributed by atoms with Crippen molar-refractivity contribution in [2.24, 2.45) is 0 Å². The van der Waals surface area contributed by atoms with Crippen LogP contribution in [-0.2, 0) is 4.74 Å². The quantitative estimate of drug-likeness (QED) is 0.855. The van der Waals surface area contributed by atoms with Gasteiger partial charge in [0.2, 0.25) is 0 Å². The summed E-state index contributed by atoms with van der Waals surface area (Å²) in [4.78, 5) is 18.4. The van der Waals surface area contributed by atoms with E-state index in [2.05, 4.69) is 11.9 Å². The molecule has 2 N–H and O–H groups in total. The lowest BCUT2D eigenvalue weighted by Crippen LogP contribution is -2.48. The summed E-state index contributed by atoms with van der Waals surface area (Å²) in [6.07, 6.45) is 0.894. The maximum Gasteiger partial charge on any atom is 0.254 e. The number of nitrogens with two attached hydrogens (primary N) is 1. The molecule has 1 unspecified atom stereocenters. The van der Waals surface area contributed by atoms with Crippen LogP contribution in [0.25, 0.3) is 0 Å². The number of ether oxygens (including phenoxy) is 1. The Morgan fingerprint density at radius 3 is 3.06 bits per heavy atom. The zero-order valence-corrected chi connectivity index (χ0v) is 10.8. The van der Waals surface area contributed by atoms with Crippen molar-refractivity contribution < 1.29 is 9.53 Å². The van der Waals surface area contributed by atoms with E-state index in [9.17, 15) is 4.79 Å². The Labute approximate surface area is 107 Å². The fourth-order valence-electron chi connectivity index (χ4n) is 2.24. The van der Waals surface area contributed by atoms with Gasteiger partial charge >= 0.3 is 0 Å². The van der Waals surface area contributed by atoms with Gasteiger partial charge in [-0.1, -0.05) is 6.92 Å². The molecule has 1 amide bonds. The Bertz CT molecular complexity index is 428. The number of rotatable bonds is 2. The lowest BCUT2D eigenvalue weighted by molar-refractivity contribution is -0.00280. The molecule has 5 heteroatoms. The highest BCUT2D eigenvalue weighted by molar-refractivity contribution is 5.95. The Morgan fingerprint density at radius 2 is 2.39 bits per heavy atom. The standard InChI is InChI=1S/C13H19N3O2/c1-3-11-8-18-5-4-16(11)13(17)10-6-9(2)15-12(14)7-10/h6-7,11H,3-5,8H2,1-2H3,(H2,14,15). The minimum Gasteiger partial charge on any atom is -0.384 e. The van der Waals surface area contributed by atoms with Gasteiger partial charge in [-0.05, 0) is 25.5 Å². The lowest BCUT2D eigenvalue weighted by atomic mass is 10.1. The molecule has 18 heavy (non-hydrogen) atoms. The fraction of sp³-hybridized carbons (Fsp3) is 0.538. The van der Waals surface area contributed by atoms with Gasteiger partial charge in [-0.15, -0.1) is 0 Å². The molecule has 0 aliphatic carbocycles. The van der Waals surface area contributed by atoms with Crippen molar-refractivity contribution in [2.45, 2.75) is 26.3 Å². The van der Waals surface area contributed by atoms with E-state index in [1.165, 1.54) is 0 Å². The lowest BCUT2D eigenvalue weighted by Gasteiger charge is -2.35. The van der Waals surface area contributed by atoms with E-state index in [-0.39, 0.29) is 11.9 Å². The third kappa shape index (κ3) is 2.61. The molecule has 1 aliphatic heterocycles. The van der Waals surface area contributed by atoms with Crippen LogP contribution < -0.4 is 5.73 Å². The molecule has 1 saturated heterocycles. The molecule has 2 heterocycles. The first-order valence-electron chi connectivity index (χ1n) is 6.24. The normalized spacial score (nSPS) is 19.9. The first kappa shape index (κ1) is 12.8. The monoisotopic (exact) mass is 249 g/mol. The fourth-order valence-corrected chi connectivity index (χ4v) is 2.24. The van der Waals surface area contributed by atoms with Crippen molar-refractivity contribution >= 4 is 11.7 Å². The Hall–Kier alpha value is -1.62. The van der Waals surface area contributed by atoms with E-state index in [1.54, 1.807) is 12.1 Å². The Balaban J connectivity index is 2.23. The van der Waals surface area contributed by atoms with E-state index in [0.717, 1.165) is 12.1 Å². The van der Waals surface area contributed by atoms with Gasteiger partial charge in [-0.25, -0.2) is 4.98 Å². The van der Waals surface area contributed by atoms with Gasteiger partial charge in [0.25, 0.3) is 5.91 Å². The summed E-state index contributed by atoms with van der Waals surface area (Å²) in [6, 6.07) is 3.57. The van der Waals surface area contributed by atoms with Crippen LogP contribution in [0, 0.1) is 6.92 Å². The van der Waals surface area contributed by atoms with E-state index < -0.39 is 0 Å². The highest BCUT2D eigenvalue weighted by Gasteiger charge is 2.27. The van der Waals surface area contributed by atoms with E-state index >= 15 is 0 Å². The largest absolute Gasteiger partial charge is 0.384 e. The van der Waals surface area contributed by atoms with Crippen LogP contribution in [0.3, 0.4) is 0 Å². The number of nitrogen functional groups attached to an aromatic ring is 1. The van der Waals surface area contributed by atoms with Crippen LogP contribution in [-0.4, -0.2) is 41.6 Å². The summed E-state index contributed by atoms with van der Waals surface area (Å²) < 4.78 is 5.41. The summed E-state index contributed by atoms with van der Waals surface area (Å²) in [5.74, 6) is 0.405. The highest BCUT2D eigenvalue weighted by Crippen LogP contribution is 2.16. The molecule has 2 rings (SSSR count). The Kier molecular flexibility index (Phi) is 3.81. The summed E-state index contributed by atoms with van der Waals surface area (Å²) in [5, 5.41) is 0. The summed E-state index contributed by atoms with van der Waals surface area (Å²) >= 11 is 0. The zero-order chi connectivity index (χ0) is 13.1. The van der Waals surface area contributed by atoms with Crippen molar-refractivity contribution in [3.8, 4) is 0 Å². The number of anilines is 1. The number of carbonyl (C=O) groups excluding carboxylic acids is 1. The van der Waals surface area contributed by atoms with Crippen molar-refractivity contribution in [1.82, 2.24) is 9.88 Å². The Morgan fingerprint density at radius 1 is 1.61 bits per heavy atom. The number of carbonyl (C=O) groups is 1. The number of morpholine rings is 1. The number of aromatic nitrogens is 1. The average molecular weight is 249 g/mol. The molecule has 0 spiro atoms. The van der Waals surface area contributed by atoms with Gasteiger partial charge in [0.15, 0.2) is 0 Å². The second-order valence-corrected chi connectivity index (χ2v) is 4.56. The van der Waals surface area contributed by atoms with E-state index in [0.29, 0.717) is 31.1 Å². The predicted molar refractivity (Wildman–Crippen MR) is 69.3 cm³/mol.